The van der Waals surface area contributed by atoms with E-state index in [2.05, 4.69) is 0 Å². The first-order chi connectivity index (χ1) is 0. The van der Waals surface area contributed by atoms with E-state index in [1.165, 1.54) is 0 Å². The van der Waals surface area contributed by atoms with E-state index in [9.17, 15) is 0 Å². The van der Waals surface area contributed by atoms with Gasteiger partial charge in [-0.25, -0.2) is 0 Å². The van der Waals surface area contributed by atoms with Crippen LogP contribution in [0, 0.1) is 37.3 Å². The largest absolute Gasteiger partial charge is 3.00 e. The Hall–Kier alpha value is 3.03. The first-order valence-corrected chi connectivity index (χ1v) is 0. The summed E-state index contributed by atoms with van der Waals surface area (Å²) in [7, 11) is 0. The van der Waals surface area contributed by atoms with Gasteiger partial charge in [0.15, 0.2) is 0 Å². The van der Waals surface area contributed by atoms with E-state index in [1.807, 2.05) is 0 Å². The quantitative estimate of drug-likeness (QED) is 0.441. The molecule has 0 amide bonds. The van der Waals surface area contributed by atoms with Crippen LogP contribution in [0.2, 0.25) is 0 Å². The molecule has 0 heterocycles. The fraction of sp³-hybridized carbons (Fsp3) is 0. The molecule has 0 spiro atoms. The summed E-state index contributed by atoms with van der Waals surface area (Å²) in [6, 6.07) is 0. The Labute approximate surface area is 91.9 Å². The van der Waals surface area contributed by atoms with E-state index < -0.39 is 0 Å². The van der Waals surface area contributed by atoms with Crippen LogP contribution in [0.4, 0.5) is 0 Å². The summed E-state index contributed by atoms with van der Waals surface area (Å²) in [5, 5.41) is 0. The van der Waals surface area contributed by atoms with Crippen LogP contribution in [-0.4, -0.2) is 34.1 Å². The van der Waals surface area contributed by atoms with E-state index in [1.54, 1.807) is 0 Å². The minimum atomic E-state index is 0. The van der Waals surface area contributed by atoms with Crippen LogP contribution in [0.1, 0.15) is 0 Å². The van der Waals surface area contributed by atoms with Crippen molar-refractivity contribution in [2.24, 2.45) is 0 Å². The van der Waals surface area contributed by atoms with Gasteiger partial charge in [0.05, 0.1) is 0 Å². The van der Waals surface area contributed by atoms with Crippen molar-refractivity contribution < 1.29 is 59.7 Å². The average molecular weight is 433 g/mol. The molecule has 4 heavy (non-hydrogen) atoms. The third kappa shape index (κ3) is 8.90. The molecule has 0 aromatic heterocycles. The minimum Gasteiger partial charge on any atom is -2.00 e. The Morgan fingerprint density at radius 3 is 0.750 bits per heavy atom. The zero-order valence-electron chi connectivity index (χ0n) is 1.41. The number of hydrogen-bond acceptors (Lipinski definition) is 0. The van der Waals surface area contributed by atoms with Crippen molar-refractivity contribution >= 4 is 34.1 Å². The van der Waals surface area contributed by atoms with Gasteiger partial charge in [0.1, 0.15) is 0 Å². The molecular weight excluding hydrogens is 433 g/mol. The molecule has 1 radical (unpaired) electrons. The van der Waals surface area contributed by atoms with Gasteiger partial charge >= 0.3 is 59.7 Å². The molecule has 4 heteroatoms. The van der Waals surface area contributed by atoms with E-state index in [0.717, 1.165) is 0 Å². The fourth-order valence-corrected chi connectivity index (χ4v) is 0. The first kappa shape index (κ1) is 27.9. The van der Waals surface area contributed by atoms with Gasteiger partial charge < -0.3 is 34.1 Å². The fourth-order valence-electron chi connectivity index (χ4n) is 0. The molecule has 0 aromatic rings. The SMILES string of the molecule is [Ag+].[Er+3].[Se-2].[Se-2]. The van der Waals surface area contributed by atoms with Crippen LogP contribution in [0.3, 0.4) is 0 Å². The second-order valence-electron chi connectivity index (χ2n) is 0. The molecule has 0 aromatic carbocycles. The van der Waals surface area contributed by atoms with E-state index in [0.29, 0.717) is 0 Å². The van der Waals surface area contributed by atoms with Crippen LogP contribution < -0.4 is 0 Å². The zero-order valence-corrected chi connectivity index (χ0v) is 8.17. The molecule has 0 saturated heterocycles. The minimum absolute atomic E-state index is 0. The third-order valence-electron chi connectivity index (χ3n) is 0. The third-order valence-corrected chi connectivity index (χ3v) is 0. The van der Waals surface area contributed by atoms with Crippen LogP contribution in [0.25, 0.3) is 0 Å². The first-order valence-electron chi connectivity index (χ1n) is 0. The van der Waals surface area contributed by atoms with Gasteiger partial charge in [-0.05, 0) is 0 Å². The van der Waals surface area contributed by atoms with Gasteiger partial charge in [-0.3, -0.25) is 0 Å². The van der Waals surface area contributed by atoms with E-state index in [4.69, 9.17) is 0 Å². The maximum atomic E-state index is 0. The van der Waals surface area contributed by atoms with Crippen molar-refractivity contribution in [3.63, 3.8) is 0 Å². The number of hydrogen-bond donors (Lipinski definition) is 0. The van der Waals surface area contributed by atoms with Crippen molar-refractivity contribution in [2.45, 2.75) is 0 Å². The van der Waals surface area contributed by atoms with Crippen molar-refractivity contribution in [2.75, 3.05) is 0 Å². The molecular formula is AgErSe2. The Kier molecular flexibility index (Phi) is 116. The summed E-state index contributed by atoms with van der Waals surface area (Å²) in [5.41, 5.74) is 0. The summed E-state index contributed by atoms with van der Waals surface area (Å²) in [6.07, 6.45) is 0. The molecule has 0 fully saturated rings. The molecule has 0 rings (SSSR count). The molecule has 35 valence electrons. The Morgan fingerprint density at radius 1 is 0.750 bits per heavy atom. The van der Waals surface area contributed by atoms with Crippen molar-refractivity contribution in [3.05, 3.63) is 0 Å². The summed E-state index contributed by atoms with van der Waals surface area (Å²) in [5.74, 6) is 0. The van der Waals surface area contributed by atoms with Gasteiger partial charge in [0.2, 0.25) is 0 Å². The Bertz CT molecular complexity index is 6.00. The summed E-state index contributed by atoms with van der Waals surface area (Å²) in [4.78, 5) is 0. The standard InChI is InChI=1S/Ag.Er.2Se/q+1;+3;2*-2. The van der Waals surface area contributed by atoms with Crippen LogP contribution in [-0.2, 0) is 22.4 Å². The average Bonchev–Trinajstić information content (AvgIpc) is 0. The molecule has 0 saturated carbocycles. The Balaban J connectivity index is 0. The summed E-state index contributed by atoms with van der Waals surface area (Å²) < 4.78 is 0. The van der Waals surface area contributed by atoms with Gasteiger partial charge in [-0.15, -0.1) is 0 Å². The second-order valence-corrected chi connectivity index (χ2v) is 0. The van der Waals surface area contributed by atoms with Crippen molar-refractivity contribution in [3.8, 4) is 0 Å². The van der Waals surface area contributed by atoms with Gasteiger partial charge in [-0.1, -0.05) is 0 Å². The van der Waals surface area contributed by atoms with Crippen molar-refractivity contribution in [1.29, 1.82) is 0 Å². The molecule has 0 nitrogen and oxygen atoms in total. The van der Waals surface area contributed by atoms with Crippen molar-refractivity contribution in [1.82, 2.24) is 0 Å². The molecule has 0 N–H and O–H groups in total. The second kappa shape index (κ2) is 16.6. The molecule has 0 unspecified atom stereocenters. The summed E-state index contributed by atoms with van der Waals surface area (Å²) in [6.45, 7) is 0. The number of rotatable bonds is 0. The predicted molar refractivity (Wildman–Crippen MR) is 11.5 cm³/mol. The predicted octanol–water partition coefficient (Wildman–Crippen LogP) is -0.764. The molecule has 0 aliphatic carbocycles. The Morgan fingerprint density at radius 2 is 0.750 bits per heavy atom. The molecule has 0 aliphatic heterocycles. The van der Waals surface area contributed by atoms with Gasteiger partial charge in [0, 0.05) is 0 Å². The topological polar surface area (TPSA) is 0 Å². The maximum absolute atomic E-state index is 0. The van der Waals surface area contributed by atoms with Crippen LogP contribution in [0.15, 0.2) is 0 Å². The van der Waals surface area contributed by atoms with Gasteiger partial charge in [-0.2, -0.15) is 0 Å². The summed E-state index contributed by atoms with van der Waals surface area (Å²) >= 11 is 0. The smallest absolute Gasteiger partial charge is 2.00 e. The molecule has 0 aliphatic rings. The molecule has 0 bridgehead atoms. The van der Waals surface area contributed by atoms with Crippen LogP contribution in [0.5, 0.6) is 0 Å². The van der Waals surface area contributed by atoms with Gasteiger partial charge in [0.25, 0.3) is 0 Å². The van der Waals surface area contributed by atoms with Crippen LogP contribution >= 0.6 is 0 Å². The molecule has 0 atom stereocenters. The normalized spacial score (nSPS) is 0. The van der Waals surface area contributed by atoms with E-state index in [-0.39, 0.29) is 93.8 Å². The monoisotopic (exact) mass is 433 g/mol. The zero-order chi connectivity index (χ0) is 0. The van der Waals surface area contributed by atoms with E-state index >= 15 is 0 Å². The maximum Gasteiger partial charge on any atom is 3.00 e.